The Kier molecular flexibility index (Phi) is 3.98. The van der Waals surface area contributed by atoms with Crippen LogP contribution in [0.4, 0.5) is 5.69 Å². The molecule has 0 fully saturated rings. The maximum absolute atomic E-state index is 12.4. The van der Waals surface area contributed by atoms with Crippen molar-refractivity contribution >= 4 is 22.4 Å². The van der Waals surface area contributed by atoms with Gasteiger partial charge in [-0.15, -0.1) is 0 Å². The second-order valence-corrected chi connectivity index (χ2v) is 5.76. The van der Waals surface area contributed by atoms with E-state index in [9.17, 15) is 9.59 Å². The summed E-state index contributed by atoms with van der Waals surface area (Å²) in [5.74, 6) is -0.215. The van der Waals surface area contributed by atoms with E-state index in [2.05, 4.69) is 5.32 Å². The molecule has 0 unspecified atom stereocenters. The molecule has 0 aliphatic heterocycles. The third-order valence-electron chi connectivity index (χ3n) is 3.71. The molecule has 1 aromatic heterocycles. The quantitative estimate of drug-likeness (QED) is 0.807. The number of carbonyl (C=O) groups is 1. The third kappa shape index (κ3) is 3.31. The highest BCUT2D eigenvalue weighted by atomic mass is 16.2. The van der Waals surface area contributed by atoms with Crippen LogP contribution in [0.5, 0.6) is 0 Å². The van der Waals surface area contributed by atoms with E-state index < -0.39 is 0 Å². The van der Waals surface area contributed by atoms with Crippen LogP contribution in [0.3, 0.4) is 0 Å². The SMILES string of the molecule is Cc1cc(C)cc(NC(=O)Cn2ccc3ccccc3c2=O)c1. The van der Waals surface area contributed by atoms with Gasteiger partial charge in [-0.3, -0.25) is 9.59 Å². The Labute approximate surface area is 134 Å². The summed E-state index contributed by atoms with van der Waals surface area (Å²) in [5.41, 5.74) is 2.77. The smallest absolute Gasteiger partial charge is 0.258 e. The normalized spacial score (nSPS) is 10.7. The molecule has 0 atom stereocenters. The summed E-state index contributed by atoms with van der Waals surface area (Å²) in [6.45, 7) is 3.96. The fraction of sp³-hybridized carbons (Fsp3) is 0.158. The van der Waals surface area contributed by atoms with Gasteiger partial charge < -0.3 is 9.88 Å². The molecule has 3 rings (SSSR count). The van der Waals surface area contributed by atoms with Gasteiger partial charge in [-0.1, -0.05) is 24.3 Å². The number of fused-ring (bicyclic) bond motifs is 1. The van der Waals surface area contributed by atoms with E-state index >= 15 is 0 Å². The zero-order chi connectivity index (χ0) is 16.4. The van der Waals surface area contributed by atoms with Crippen LogP contribution in [0.1, 0.15) is 11.1 Å². The number of aromatic nitrogens is 1. The fourth-order valence-corrected chi connectivity index (χ4v) is 2.76. The molecule has 23 heavy (non-hydrogen) atoms. The Hall–Kier alpha value is -2.88. The molecule has 116 valence electrons. The molecule has 0 saturated carbocycles. The Morgan fingerprint density at radius 2 is 1.74 bits per heavy atom. The minimum atomic E-state index is -0.215. The van der Waals surface area contributed by atoms with Crippen molar-refractivity contribution in [3.8, 4) is 0 Å². The molecule has 0 bridgehead atoms. The van der Waals surface area contributed by atoms with E-state index in [0.29, 0.717) is 5.39 Å². The van der Waals surface area contributed by atoms with Gasteiger partial charge >= 0.3 is 0 Å². The van der Waals surface area contributed by atoms with E-state index in [-0.39, 0.29) is 18.0 Å². The number of benzene rings is 2. The van der Waals surface area contributed by atoms with Gasteiger partial charge in [0.1, 0.15) is 6.54 Å². The minimum absolute atomic E-state index is 0.00332. The molecule has 1 amide bonds. The zero-order valence-corrected chi connectivity index (χ0v) is 13.2. The fourth-order valence-electron chi connectivity index (χ4n) is 2.76. The molecular formula is C19H18N2O2. The lowest BCUT2D eigenvalue weighted by atomic mass is 10.1. The molecule has 4 nitrogen and oxygen atoms in total. The summed E-state index contributed by atoms with van der Waals surface area (Å²) in [6.07, 6.45) is 1.66. The summed E-state index contributed by atoms with van der Waals surface area (Å²) in [4.78, 5) is 24.6. The van der Waals surface area contributed by atoms with Crippen molar-refractivity contribution in [2.24, 2.45) is 0 Å². The van der Waals surface area contributed by atoms with Crippen LogP contribution in [0.25, 0.3) is 10.8 Å². The van der Waals surface area contributed by atoms with Crippen LogP contribution in [0.15, 0.2) is 59.5 Å². The number of amides is 1. The van der Waals surface area contributed by atoms with Gasteiger partial charge in [-0.2, -0.15) is 0 Å². The molecular weight excluding hydrogens is 288 g/mol. The number of aryl methyl sites for hydroxylation is 2. The van der Waals surface area contributed by atoms with Crippen LogP contribution in [-0.4, -0.2) is 10.5 Å². The van der Waals surface area contributed by atoms with E-state index in [1.54, 1.807) is 12.3 Å². The van der Waals surface area contributed by atoms with Gasteiger partial charge in [0.15, 0.2) is 0 Å². The van der Waals surface area contributed by atoms with Gasteiger partial charge in [0, 0.05) is 17.3 Å². The predicted molar refractivity (Wildman–Crippen MR) is 92.8 cm³/mol. The second-order valence-electron chi connectivity index (χ2n) is 5.76. The first-order valence-electron chi connectivity index (χ1n) is 7.49. The van der Waals surface area contributed by atoms with E-state index in [1.807, 2.05) is 56.3 Å². The van der Waals surface area contributed by atoms with Crippen LogP contribution < -0.4 is 10.9 Å². The lowest BCUT2D eigenvalue weighted by Gasteiger charge is -2.10. The van der Waals surface area contributed by atoms with Crippen LogP contribution in [0.2, 0.25) is 0 Å². The summed E-state index contributed by atoms with van der Waals surface area (Å²) in [5, 5.41) is 4.35. The van der Waals surface area contributed by atoms with E-state index in [1.165, 1.54) is 4.57 Å². The Balaban J connectivity index is 1.83. The van der Waals surface area contributed by atoms with Crippen LogP contribution >= 0.6 is 0 Å². The van der Waals surface area contributed by atoms with E-state index in [0.717, 1.165) is 22.2 Å². The van der Waals surface area contributed by atoms with Gasteiger partial charge in [-0.25, -0.2) is 0 Å². The van der Waals surface area contributed by atoms with Crippen molar-refractivity contribution in [1.29, 1.82) is 0 Å². The summed E-state index contributed by atoms with van der Waals surface area (Å²) in [7, 11) is 0. The molecule has 0 spiro atoms. The zero-order valence-electron chi connectivity index (χ0n) is 13.2. The Morgan fingerprint density at radius 1 is 1.04 bits per heavy atom. The number of pyridine rings is 1. The number of anilines is 1. The van der Waals surface area contributed by atoms with Gasteiger partial charge in [0.2, 0.25) is 5.91 Å². The number of carbonyl (C=O) groups excluding carboxylic acids is 1. The molecule has 2 aromatic carbocycles. The molecule has 1 heterocycles. The maximum Gasteiger partial charge on any atom is 0.258 e. The van der Waals surface area contributed by atoms with Gasteiger partial charge in [0.05, 0.1) is 0 Å². The minimum Gasteiger partial charge on any atom is -0.325 e. The molecule has 0 saturated heterocycles. The number of nitrogens with one attached hydrogen (secondary N) is 1. The highest BCUT2D eigenvalue weighted by Crippen LogP contribution is 2.14. The molecule has 4 heteroatoms. The average molecular weight is 306 g/mol. The topological polar surface area (TPSA) is 51.1 Å². The number of nitrogens with zero attached hydrogens (tertiary/aromatic N) is 1. The molecule has 0 radical (unpaired) electrons. The van der Waals surface area contributed by atoms with Gasteiger partial charge in [0.25, 0.3) is 5.56 Å². The number of hydrogen-bond donors (Lipinski definition) is 1. The maximum atomic E-state index is 12.4. The molecule has 1 N–H and O–H groups in total. The highest BCUT2D eigenvalue weighted by Gasteiger charge is 2.08. The van der Waals surface area contributed by atoms with Crippen LogP contribution in [-0.2, 0) is 11.3 Å². The Morgan fingerprint density at radius 3 is 2.48 bits per heavy atom. The first kappa shape index (κ1) is 15.0. The molecule has 3 aromatic rings. The molecule has 0 aliphatic rings. The second kappa shape index (κ2) is 6.08. The van der Waals surface area contributed by atoms with Crippen molar-refractivity contribution in [1.82, 2.24) is 4.57 Å². The summed E-state index contributed by atoms with van der Waals surface area (Å²) < 4.78 is 1.43. The Bertz CT molecular complexity index is 921. The van der Waals surface area contributed by atoms with Crippen molar-refractivity contribution < 1.29 is 4.79 Å². The van der Waals surface area contributed by atoms with Gasteiger partial charge in [-0.05, 0) is 54.6 Å². The van der Waals surface area contributed by atoms with Crippen LogP contribution in [0, 0.1) is 13.8 Å². The summed E-state index contributed by atoms with van der Waals surface area (Å²) >= 11 is 0. The van der Waals surface area contributed by atoms with E-state index in [4.69, 9.17) is 0 Å². The van der Waals surface area contributed by atoms with Crippen molar-refractivity contribution in [3.63, 3.8) is 0 Å². The molecule has 0 aliphatic carbocycles. The van der Waals surface area contributed by atoms with Crippen molar-refractivity contribution in [2.75, 3.05) is 5.32 Å². The predicted octanol–water partition coefficient (Wildman–Crippen LogP) is 3.26. The average Bonchev–Trinajstić information content (AvgIpc) is 2.49. The monoisotopic (exact) mass is 306 g/mol. The standard InChI is InChI=1S/C19H18N2O2/c1-13-9-14(2)11-16(10-13)20-18(22)12-21-8-7-15-5-3-4-6-17(15)19(21)23/h3-11H,12H2,1-2H3,(H,20,22). The summed E-state index contributed by atoms with van der Waals surface area (Å²) in [6, 6.07) is 15.1. The number of hydrogen-bond acceptors (Lipinski definition) is 2. The first-order chi connectivity index (χ1) is 11.0. The third-order valence-corrected chi connectivity index (χ3v) is 3.71. The lowest BCUT2D eigenvalue weighted by Crippen LogP contribution is -2.27. The van der Waals surface area contributed by atoms with Crippen molar-refractivity contribution in [2.45, 2.75) is 20.4 Å². The highest BCUT2D eigenvalue weighted by molar-refractivity contribution is 5.91. The van der Waals surface area contributed by atoms with Crippen molar-refractivity contribution in [3.05, 3.63) is 76.2 Å². The lowest BCUT2D eigenvalue weighted by molar-refractivity contribution is -0.116. The largest absolute Gasteiger partial charge is 0.325 e. The number of rotatable bonds is 3. The first-order valence-corrected chi connectivity index (χ1v) is 7.49.